The van der Waals surface area contributed by atoms with Crippen molar-refractivity contribution < 1.29 is 23.8 Å². The normalized spacial score (nSPS) is 11.4. The van der Waals surface area contributed by atoms with E-state index in [4.69, 9.17) is 20.6 Å². The number of nitrogens with one attached hydrogen (secondary N) is 4. The number of rotatable bonds is 10. The molecule has 3 rings (SSSR count). The van der Waals surface area contributed by atoms with E-state index in [0.29, 0.717) is 39.7 Å². The zero-order valence-electron chi connectivity index (χ0n) is 20.8. The van der Waals surface area contributed by atoms with Crippen LogP contribution in [0.2, 0.25) is 0 Å². The lowest BCUT2D eigenvalue weighted by atomic mass is 10.0. The van der Waals surface area contributed by atoms with Crippen LogP contribution in [0.3, 0.4) is 0 Å². The number of benzene rings is 2. The zero-order chi connectivity index (χ0) is 26.9. The molecule has 0 saturated carbocycles. The highest BCUT2D eigenvalue weighted by Gasteiger charge is 2.24. The van der Waals surface area contributed by atoms with Gasteiger partial charge in [-0.25, -0.2) is 0 Å². The monoisotopic (exact) mass is 506 g/mol. The van der Waals surface area contributed by atoms with E-state index in [2.05, 4.69) is 16.2 Å². The highest BCUT2D eigenvalue weighted by Crippen LogP contribution is 2.32. The van der Waals surface area contributed by atoms with E-state index >= 15 is 0 Å². The number of amidine groups is 1. The summed E-state index contributed by atoms with van der Waals surface area (Å²) in [7, 11) is 0. The molecule has 6 N–H and O–H groups in total. The number of hydrazine groups is 1. The quantitative estimate of drug-likeness (QED) is 0.0926. The van der Waals surface area contributed by atoms with Gasteiger partial charge >= 0.3 is 5.91 Å². The van der Waals surface area contributed by atoms with Gasteiger partial charge in [0.25, 0.3) is 11.6 Å². The minimum Gasteiger partial charge on any atom is -0.618 e. The number of hydrogen-bond acceptors (Lipinski definition) is 7. The Morgan fingerprint density at radius 2 is 1.78 bits per heavy atom. The minimum absolute atomic E-state index is 0.0813. The van der Waals surface area contributed by atoms with Crippen LogP contribution in [-0.4, -0.2) is 30.4 Å². The molecule has 0 spiro atoms. The van der Waals surface area contributed by atoms with Crippen LogP contribution >= 0.6 is 0 Å². The summed E-state index contributed by atoms with van der Waals surface area (Å²) >= 11 is 0. The van der Waals surface area contributed by atoms with Crippen LogP contribution in [-0.2, 0) is 4.79 Å². The molecule has 0 saturated heterocycles. The first-order valence-electron chi connectivity index (χ1n) is 11.6. The van der Waals surface area contributed by atoms with Crippen LogP contribution in [0.25, 0.3) is 0 Å². The number of carbonyl (C=O) groups excluding carboxylic acids is 2. The Morgan fingerprint density at radius 3 is 2.41 bits per heavy atom. The fourth-order valence-corrected chi connectivity index (χ4v) is 3.40. The van der Waals surface area contributed by atoms with Crippen LogP contribution in [0.4, 0.5) is 5.69 Å². The lowest BCUT2D eigenvalue weighted by Crippen LogP contribution is -2.48. The molecule has 37 heavy (non-hydrogen) atoms. The fraction of sp³-hybridized carbons (Fsp3) is 0.231. The number of nitrogen functional groups attached to an aromatic ring is 1. The van der Waals surface area contributed by atoms with Gasteiger partial charge in [-0.05, 0) is 68.8 Å². The van der Waals surface area contributed by atoms with Crippen molar-refractivity contribution in [3.63, 3.8) is 0 Å². The molecule has 0 aliphatic rings. The van der Waals surface area contributed by atoms with E-state index in [0.717, 1.165) is 0 Å². The highest BCUT2D eigenvalue weighted by molar-refractivity contribution is 5.96. The summed E-state index contributed by atoms with van der Waals surface area (Å²) in [4.78, 5) is 25.7. The molecule has 1 heterocycles. The Bertz CT molecular complexity index is 1260. The van der Waals surface area contributed by atoms with E-state index in [1.807, 2.05) is 20.8 Å². The maximum atomic E-state index is 13.3. The second-order valence-electron chi connectivity index (χ2n) is 8.23. The molecule has 3 aromatic rings. The number of nitrogens with zero attached hydrogens (tertiary/aromatic N) is 1. The minimum atomic E-state index is -0.981. The maximum absolute atomic E-state index is 13.3. The van der Waals surface area contributed by atoms with Gasteiger partial charge in [0.05, 0.1) is 12.7 Å². The number of carbonyl (C=O) groups is 2. The molecular weight excluding hydrogens is 476 g/mol. The van der Waals surface area contributed by atoms with Gasteiger partial charge in [-0.1, -0.05) is 6.07 Å². The average Bonchev–Trinajstić information content (AvgIpc) is 2.87. The number of hydrogen-bond donors (Lipinski definition) is 5. The van der Waals surface area contributed by atoms with E-state index in [-0.39, 0.29) is 17.6 Å². The molecule has 0 bridgehead atoms. The number of ether oxygens (including phenoxy) is 2. The van der Waals surface area contributed by atoms with Crippen LogP contribution in [0.5, 0.6) is 11.5 Å². The summed E-state index contributed by atoms with van der Waals surface area (Å²) in [6, 6.07) is 15.2. The molecule has 2 aromatic carbocycles. The molecule has 0 aliphatic carbocycles. The molecule has 1 aromatic heterocycles. The van der Waals surface area contributed by atoms with Crippen molar-refractivity contribution in [3.05, 3.63) is 88.9 Å². The number of aromatic nitrogens is 1. The number of amides is 2. The van der Waals surface area contributed by atoms with Gasteiger partial charge in [-0.3, -0.25) is 25.8 Å². The molecule has 194 valence electrons. The summed E-state index contributed by atoms with van der Waals surface area (Å²) < 4.78 is 12.0. The van der Waals surface area contributed by atoms with E-state index < -0.39 is 17.9 Å². The Kier molecular flexibility index (Phi) is 8.87. The largest absolute Gasteiger partial charge is 0.618 e. The smallest absolute Gasteiger partial charge is 0.335 e. The zero-order valence-corrected chi connectivity index (χ0v) is 20.8. The molecule has 2 amide bonds. The molecule has 0 aliphatic heterocycles. The van der Waals surface area contributed by atoms with Crippen LogP contribution in [0, 0.1) is 10.6 Å². The third kappa shape index (κ3) is 7.10. The van der Waals surface area contributed by atoms with Gasteiger partial charge in [0.2, 0.25) is 0 Å². The predicted octanol–water partition coefficient (Wildman–Crippen LogP) is 2.40. The van der Waals surface area contributed by atoms with Crippen LogP contribution < -0.4 is 36.1 Å². The Hall–Kier alpha value is -4.80. The SMILES string of the molecule is CCOc1cc(C(Nc2ccc(C(=N)N)cc2)C(=O)NNC(=O)c2cccc[n+]2[O-])ccc1OC(C)C. The first-order valence-corrected chi connectivity index (χ1v) is 11.6. The number of anilines is 1. The molecule has 0 radical (unpaired) electrons. The lowest BCUT2D eigenvalue weighted by Gasteiger charge is -2.22. The van der Waals surface area contributed by atoms with Crippen molar-refractivity contribution in [2.75, 3.05) is 11.9 Å². The fourth-order valence-electron chi connectivity index (χ4n) is 3.40. The second kappa shape index (κ2) is 12.2. The first-order chi connectivity index (χ1) is 17.7. The standard InChI is InChI=1S/C26H30N6O5/c1-4-36-22-15-18(10-13-21(22)37-16(2)3)23(29-19-11-8-17(9-12-19)24(27)28)26(34)31-30-25(33)20-7-5-6-14-32(20)35/h5-16,23,29H,4H2,1-3H3,(H3,27,28)(H,30,33)(H,31,34). The number of pyridine rings is 1. The summed E-state index contributed by atoms with van der Waals surface area (Å²) in [5.41, 5.74) is 11.6. The molecule has 11 heteroatoms. The van der Waals surface area contributed by atoms with Gasteiger partial charge in [-0.2, -0.15) is 4.73 Å². The third-order valence-electron chi connectivity index (χ3n) is 5.09. The van der Waals surface area contributed by atoms with Crippen molar-refractivity contribution >= 4 is 23.3 Å². The Morgan fingerprint density at radius 1 is 1.05 bits per heavy atom. The van der Waals surface area contributed by atoms with Crippen molar-refractivity contribution in [1.82, 2.24) is 10.9 Å². The first kappa shape index (κ1) is 26.8. The summed E-state index contributed by atoms with van der Waals surface area (Å²) in [6.07, 6.45) is 1.10. The molecule has 0 fully saturated rings. The van der Waals surface area contributed by atoms with Crippen molar-refractivity contribution in [2.24, 2.45) is 5.73 Å². The molecule has 1 atom stereocenters. The Balaban J connectivity index is 1.89. The summed E-state index contributed by atoms with van der Waals surface area (Å²) in [6.45, 7) is 6.02. The van der Waals surface area contributed by atoms with Gasteiger partial charge in [-0.15, -0.1) is 0 Å². The third-order valence-corrected chi connectivity index (χ3v) is 5.09. The van der Waals surface area contributed by atoms with E-state index in [1.165, 1.54) is 24.4 Å². The number of nitrogens with two attached hydrogens (primary N) is 1. The molecule has 1 unspecified atom stereocenters. The Labute approximate surface area is 214 Å². The average molecular weight is 507 g/mol. The topological polar surface area (TPSA) is 165 Å². The van der Waals surface area contributed by atoms with Crippen molar-refractivity contribution in [3.8, 4) is 11.5 Å². The maximum Gasteiger partial charge on any atom is 0.335 e. The highest BCUT2D eigenvalue weighted by atomic mass is 16.5. The molecular formula is C26H30N6O5. The summed E-state index contributed by atoms with van der Waals surface area (Å²) in [5, 5.41) is 22.6. The van der Waals surface area contributed by atoms with E-state index in [1.54, 1.807) is 42.5 Å². The van der Waals surface area contributed by atoms with Gasteiger partial charge in [0.15, 0.2) is 17.7 Å². The lowest BCUT2D eigenvalue weighted by molar-refractivity contribution is -0.607. The predicted molar refractivity (Wildman–Crippen MR) is 138 cm³/mol. The van der Waals surface area contributed by atoms with Gasteiger partial charge in [0.1, 0.15) is 11.9 Å². The molecule has 11 nitrogen and oxygen atoms in total. The summed E-state index contributed by atoms with van der Waals surface area (Å²) in [5.74, 6) is -0.465. The van der Waals surface area contributed by atoms with Crippen LogP contribution in [0.1, 0.15) is 48.4 Å². The van der Waals surface area contributed by atoms with Crippen LogP contribution in [0.15, 0.2) is 66.9 Å². The van der Waals surface area contributed by atoms with Crippen molar-refractivity contribution in [2.45, 2.75) is 32.9 Å². The van der Waals surface area contributed by atoms with Gasteiger partial charge in [0, 0.05) is 23.4 Å². The van der Waals surface area contributed by atoms with E-state index in [9.17, 15) is 14.8 Å². The van der Waals surface area contributed by atoms with Gasteiger partial charge < -0.3 is 25.7 Å². The van der Waals surface area contributed by atoms with Crippen molar-refractivity contribution in [1.29, 1.82) is 5.41 Å². The second-order valence-corrected chi connectivity index (χ2v) is 8.23.